The smallest absolute Gasteiger partial charge is 0.254 e. The van der Waals surface area contributed by atoms with Crippen molar-refractivity contribution in [3.05, 3.63) is 23.4 Å². The molecule has 1 aromatic rings. The van der Waals surface area contributed by atoms with E-state index in [0.29, 0.717) is 30.9 Å². The van der Waals surface area contributed by atoms with Crippen LogP contribution in [-0.4, -0.2) is 52.8 Å². The Bertz CT molecular complexity index is 487. The number of carbonyl (C=O) groups excluding carboxylic acids is 1. The number of aryl methyl sites for hydroxylation is 1. The Balaban J connectivity index is 2.22. The van der Waals surface area contributed by atoms with Gasteiger partial charge in [0.15, 0.2) is 0 Å². The molecule has 0 radical (unpaired) electrons. The van der Waals surface area contributed by atoms with E-state index in [1.165, 1.54) is 0 Å². The van der Waals surface area contributed by atoms with Gasteiger partial charge >= 0.3 is 0 Å². The zero-order valence-corrected chi connectivity index (χ0v) is 12.4. The highest BCUT2D eigenvalue weighted by Crippen LogP contribution is 2.17. The van der Waals surface area contributed by atoms with Crippen molar-refractivity contribution in [3.63, 3.8) is 0 Å². The first-order chi connectivity index (χ1) is 10.1. The molecule has 0 bridgehead atoms. The van der Waals surface area contributed by atoms with Gasteiger partial charge in [0, 0.05) is 24.3 Å². The molecule has 7 nitrogen and oxygen atoms in total. The molecule has 2 heterocycles. The third-order valence-electron chi connectivity index (χ3n) is 3.45. The summed E-state index contributed by atoms with van der Waals surface area (Å²) in [7, 11) is 0. The second-order valence-electron chi connectivity index (χ2n) is 5.19. The molecule has 4 N–H and O–H groups in total. The number of nitrogens with two attached hydrogens (primary N) is 1. The van der Waals surface area contributed by atoms with Gasteiger partial charge in [-0.3, -0.25) is 4.79 Å². The first kappa shape index (κ1) is 15.7. The predicted molar refractivity (Wildman–Crippen MR) is 78.7 cm³/mol. The van der Waals surface area contributed by atoms with E-state index in [9.17, 15) is 9.90 Å². The number of amides is 1. The second kappa shape index (κ2) is 6.84. The Kier molecular flexibility index (Phi) is 5.11. The molecule has 2 rings (SSSR count). The monoisotopic (exact) mass is 294 g/mol. The number of nitrogens with zero attached hydrogens (tertiary/aromatic N) is 2. The van der Waals surface area contributed by atoms with Gasteiger partial charge in [0.1, 0.15) is 5.82 Å². The Morgan fingerprint density at radius 1 is 1.57 bits per heavy atom. The fraction of sp³-hybridized carbons (Fsp3) is 0.571. The lowest BCUT2D eigenvalue weighted by Gasteiger charge is -2.36. The highest BCUT2D eigenvalue weighted by atomic mass is 16.5. The van der Waals surface area contributed by atoms with Crippen molar-refractivity contribution in [2.24, 2.45) is 5.84 Å². The molecule has 2 atom stereocenters. The lowest BCUT2D eigenvalue weighted by atomic mass is 10.1. The van der Waals surface area contributed by atoms with Gasteiger partial charge in [-0.05, 0) is 25.5 Å². The second-order valence-corrected chi connectivity index (χ2v) is 5.19. The summed E-state index contributed by atoms with van der Waals surface area (Å²) in [5, 5.41) is 9.24. The van der Waals surface area contributed by atoms with Crippen molar-refractivity contribution in [2.75, 3.05) is 25.1 Å². The number of nitrogen functional groups attached to an aromatic ring is 1. The van der Waals surface area contributed by atoms with Gasteiger partial charge in [-0.1, -0.05) is 6.92 Å². The van der Waals surface area contributed by atoms with Crippen LogP contribution in [0.25, 0.3) is 0 Å². The molecule has 2 unspecified atom stereocenters. The minimum Gasteiger partial charge on any atom is -0.394 e. The molecule has 1 aliphatic rings. The summed E-state index contributed by atoms with van der Waals surface area (Å²) >= 11 is 0. The lowest BCUT2D eigenvalue weighted by Crippen LogP contribution is -2.50. The summed E-state index contributed by atoms with van der Waals surface area (Å²) in [4.78, 5) is 18.6. The maximum atomic E-state index is 12.6. The van der Waals surface area contributed by atoms with Crippen molar-refractivity contribution >= 4 is 11.7 Å². The zero-order chi connectivity index (χ0) is 15.4. The van der Waals surface area contributed by atoms with Crippen molar-refractivity contribution < 1.29 is 14.6 Å². The maximum absolute atomic E-state index is 12.6. The van der Waals surface area contributed by atoms with E-state index >= 15 is 0 Å². The fourth-order valence-electron chi connectivity index (χ4n) is 2.46. The summed E-state index contributed by atoms with van der Waals surface area (Å²) in [5.41, 5.74) is 3.82. The van der Waals surface area contributed by atoms with Crippen LogP contribution in [0, 0.1) is 0 Å². The normalized spacial score (nSPS) is 22.2. The van der Waals surface area contributed by atoms with Crippen LogP contribution in [0.2, 0.25) is 0 Å². The molecule has 1 aromatic heterocycles. The molecule has 0 spiro atoms. The van der Waals surface area contributed by atoms with Crippen LogP contribution >= 0.6 is 0 Å². The molecule has 1 amide bonds. The number of anilines is 1. The van der Waals surface area contributed by atoms with Crippen LogP contribution in [-0.2, 0) is 11.2 Å². The van der Waals surface area contributed by atoms with Crippen molar-refractivity contribution in [1.82, 2.24) is 9.88 Å². The van der Waals surface area contributed by atoms with E-state index in [2.05, 4.69) is 10.4 Å². The number of aliphatic hydroxyl groups is 1. The summed E-state index contributed by atoms with van der Waals surface area (Å²) in [6, 6.07) is 3.41. The van der Waals surface area contributed by atoms with Gasteiger partial charge in [0.25, 0.3) is 5.91 Å². The number of carbonyl (C=O) groups is 1. The number of pyridine rings is 1. The van der Waals surface area contributed by atoms with Crippen molar-refractivity contribution in [3.8, 4) is 0 Å². The molecule has 1 saturated heterocycles. The fourth-order valence-corrected chi connectivity index (χ4v) is 2.46. The molecule has 0 aliphatic carbocycles. The topological polar surface area (TPSA) is 101 Å². The van der Waals surface area contributed by atoms with E-state index in [-0.39, 0.29) is 24.7 Å². The Labute approximate surface area is 124 Å². The van der Waals surface area contributed by atoms with E-state index in [1.807, 2.05) is 13.8 Å². The first-order valence-electron chi connectivity index (χ1n) is 7.10. The van der Waals surface area contributed by atoms with Crippen molar-refractivity contribution in [1.29, 1.82) is 0 Å². The standard InChI is InChI=1S/C14H22N4O3/c1-3-11-4-10(5-13(16-11)17-15)14(20)18-6-9(2)21-12(7-18)8-19/h4-5,9,12,19H,3,6-8,15H2,1-2H3,(H,16,17). The highest BCUT2D eigenvalue weighted by molar-refractivity contribution is 5.95. The van der Waals surface area contributed by atoms with Crippen molar-refractivity contribution in [2.45, 2.75) is 32.5 Å². The molecule has 21 heavy (non-hydrogen) atoms. The van der Waals surface area contributed by atoms with E-state index < -0.39 is 0 Å². The lowest BCUT2D eigenvalue weighted by molar-refractivity contribution is -0.0858. The van der Waals surface area contributed by atoms with Crippen LogP contribution in [0.5, 0.6) is 0 Å². The number of hydrogen-bond donors (Lipinski definition) is 3. The van der Waals surface area contributed by atoms with E-state index in [1.54, 1.807) is 17.0 Å². The number of nitrogens with one attached hydrogen (secondary N) is 1. The minimum absolute atomic E-state index is 0.0969. The SMILES string of the molecule is CCc1cc(C(=O)N2CC(C)OC(CO)C2)cc(NN)n1. The quantitative estimate of drug-likeness (QED) is 0.540. The van der Waals surface area contributed by atoms with Crippen LogP contribution in [0.4, 0.5) is 5.82 Å². The minimum atomic E-state index is -0.336. The number of hydrazine groups is 1. The average molecular weight is 294 g/mol. The van der Waals surface area contributed by atoms with Gasteiger partial charge in [-0.25, -0.2) is 10.8 Å². The van der Waals surface area contributed by atoms with Gasteiger partial charge in [0.05, 0.1) is 18.8 Å². The Morgan fingerprint density at radius 2 is 2.33 bits per heavy atom. The summed E-state index contributed by atoms with van der Waals surface area (Å²) < 4.78 is 5.55. The number of rotatable bonds is 4. The summed E-state index contributed by atoms with van der Waals surface area (Å²) in [5.74, 6) is 5.77. The summed E-state index contributed by atoms with van der Waals surface area (Å²) in [6.07, 6.45) is 0.283. The number of aromatic nitrogens is 1. The molecule has 0 saturated carbocycles. The van der Waals surface area contributed by atoms with Gasteiger partial charge in [-0.15, -0.1) is 0 Å². The Hall–Kier alpha value is -1.70. The van der Waals surface area contributed by atoms with Crippen LogP contribution in [0.3, 0.4) is 0 Å². The number of morpholine rings is 1. The van der Waals surface area contributed by atoms with Crippen LogP contribution in [0.1, 0.15) is 29.9 Å². The number of hydrogen-bond acceptors (Lipinski definition) is 6. The molecule has 7 heteroatoms. The largest absolute Gasteiger partial charge is 0.394 e. The Morgan fingerprint density at radius 3 is 2.95 bits per heavy atom. The number of ether oxygens (including phenoxy) is 1. The van der Waals surface area contributed by atoms with Gasteiger partial charge in [0.2, 0.25) is 0 Å². The molecule has 116 valence electrons. The third-order valence-corrected chi connectivity index (χ3v) is 3.45. The number of aliphatic hydroxyl groups excluding tert-OH is 1. The molecular weight excluding hydrogens is 272 g/mol. The highest BCUT2D eigenvalue weighted by Gasteiger charge is 2.28. The molecule has 0 aromatic carbocycles. The van der Waals surface area contributed by atoms with E-state index in [4.69, 9.17) is 10.6 Å². The van der Waals surface area contributed by atoms with Crippen LogP contribution < -0.4 is 11.3 Å². The summed E-state index contributed by atoms with van der Waals surface area (Å²) in [6.45, 7) is 4.65. The maximum Gasteiger partial charge on any atom is 0.254 e. The molecule has 1 aliphatic heterocycles. The van der Waals surface area contributed by atoms with E-state index in [0.717, 1.165) is 5.69 Å². The van der Waals surface area contributed by atoms with Crippen LogP contribution in [0.15, 0.2) is 12.1 Å². The first-order valence-corrected chi connectivity index (χ1v) is 7.10. The molecule has 1 fully saturated rings. The average Bonchev–Trinajstić information content (AvgIpc) is 2.52. The van der Waals surface area contributed by atoms with Gasteiger partial charge < -0.3 is 20.2 Å². The zero-order valence-electron chi connectivity index (χ0n) is 12.4. The predicted octanol–water partition coefficient (Wildman–Crippen LogP) is 0.151. The third kappa shape index (κ3) is 3.69. The van der Waals surface area contributed by atoms with Gasteiger partial charge in [-0.2, -0.15) is 0 Å². The molecular formula is C14H22N4O3.